The van der Waals surface area contributed by atoms with Gasteiger partial charge in [0.15, 0.2) is 14.3 Å². The Bertz CT molecular complexity index is 2280. The SMILES string of the molecule is CC1(C)c2cc(P3(=O)c4cc(F)ccc4Oc4ccc(F)cc43)ccc2-c2ccc(P3(=O)c4cc(F)ccc4Oc4ccc(F)cc43)cc21. The first-order chi connectivity index (χ1) is 23.4. The molecule has 0 saturated carbocycles. The number of benzene rings is 6. The van der Waals surface area contributed by atoms with Crippen molar-refractivity contribution in [2.24, 2.45) is 0 Å². The van der Waals surface area contributed by atoms with Gasteiger partial charge in [-0.15, -0.1) is 0 Å². The second-order valence-electron chi connectivity index (χ2n) is 13.0. The van der Waals surface area contributed by atoms with Crippen molar-refractivity contribution in [1.29, 1.82) is 0 Å². The van der Waals surface area contributed by atoms with Gasteiger partial charge in [0.1, 0.15) is 46.3 Å². The van der Waals surface area contributed by atoms with Crippen LogP contribution in [0, 0.1) is 23.3 Å². The fourth-order valence-corrected chi connectivity index (χ4v) is 13.2. The molecule has 3 aliphatic rings. The van der Waals surface area contributed by atoms with Crippen molar-refractivity contribution >= 4 is 46.1 Å². The zero-order valence-corrected chi connectivity index (χ0v) is 27.7. The second-order valence-corrected chi connectivity index (χ2v) is 18.4. The highest BCUT2D eigenvalue weighted by Gasteiger charge is 2.45. The van der Waals surface area contributed by atoms with Crippen LogP contribution in [0.25, 0.3) is 11.1 Å². The Morgan fingerprint density at radius 2 is 0.755 bits per heavy atom. The van der Waals surface area contributed by atoms with E-state index in [1.807, 2.05) is 38.1 Å². The third-order valence-electron chi connectivity index (χ3n) is 9.85. The molecule has 4 nitrogen and oxygen atoms in total. The Labute approximate surface area is 278 Å². The van der Waals surface area contributed by atoms with E-state index in [-0.39, 0.29) is 44.2 Å². The van der Waals surface area contributed by atoms with Gasteiger partial charge in [0, 0.05) is 16.0 Å². The summed E-state index contributed by atoms with van der Waals surface area (Å²) in [5, 5.41) is 1.29. The Hall–Kier alpha value is -4.90. The molecule has 10 heteroatoms. The van der Waals surface area contributed by atoms with Crippen molar-refractivity contribution in [3.8, 4) is 34.1 Å². The number of ether oxygens (including phenoxy) is 2. The van der Waals surface area contributed by atoms with E-state index in [9.17, 15) is 17.6 Å². The number of fused-ring (bicyclic) bond motifs is 7. The molecule has 0 spiro atoms. The molecule has 0 aromatic heterocycles. The smallest absolute Gasteiger partial charge is 0.178 e. The van der Waals surface area contributed by atoms with Crippen molar-refractivity contribution in [2.75, 3.05) is 0 Å². The maximum atomic E-state index is 15.3. The normalized spacial score (nSPS) is 16.5. The minimum atomic E-state index is -3.84. The predicted molar refractivity (Wildman–Crippen MR) is 183 cm³/mol. The minimum Gasteiger partial charge on any atom is -0.456 e. The summed E-state index contributed by atoms with van der Waals surface area (Å²) in [6, 6.07) is 26.0. The summed E-state index contributed by atoms with van der Waals surface area (Å²) in [4.78, 5) is 0. The molecule has 49 heavy (non-hydrogen) atoms. The van der Waals surface area contributed by atoms with Gasteiger partial charge in [-0.2, -0.15) is 0 Å². The number of halogens is 4. The molecule has 2 heterocycles. The van der Waals surface area contributed by atoms with Crippen LogP contribution >= 0.6 is 14.3 Å². The molecule has 0 unspecified atom stereocenters. The van der Waals surface area contributed by atoms with Crippen LogP contribution in [0.1, 0.15) is 25.0 Å². The van der Waals surface area contributed by atoms with E-state index in [2.05, 4.69) is 0 Å². The molecule has 1 aliphatic carbocycles. The van der Waals surface area contributed by atoms with E-state index in [0.717, 1.165) is 22.3 Å². The summed E-state index contributed by atoms with van der Waals surface area (Å²) >= 11 is 0. The van der Waals surface area contributed by atoms with Gasteiger partial charge in [-0.3, -0.25) is 0 Å². The highest BCUT2D eigenvalue weighted by Crippen LogP contribution is 2.57. The zero-order valence-electron chi connectivity index (χ0n) is 25.9. The Morgan fingerprint density at radius 3 is 1.06 bits per heavy atom. The van der Waals surface area contributed by atoms with Gasteiger partial charge in [0.05, 0.1) is 21.2 Å². The number of hydrogen-bond donors (Lipinski definition) is 0. The molecule has 6 aromatic carbocycles. The molecule has 9 rings (SSSR count). The third-order valence-corrected chi connectivity index (χ3v) is 16.0. The molecule has 0 fully saturated rings. The van der Waals surface area contributed by atoms with E-state index in [1.54, 1.807) is 12.1 Å². The quantitative estimate of drug-likeness (QED) is 0.136. The van der Waals surface area contributed by atoms with Crippen molar-refractivity contribution < 1.29 is 36.2 Å². The van der Waals surface area contributed by atoms with Gasteiger partial charge in [0.2, 0.25) is 0 Å². The largest absolute Gasteiger partial charge is 0.456 e. The highest BCUT2D eigenvalue weighted by molar-refractivity contribution is 7.86. The topological polar surface area (TPSA) is 52.6 Å². The average Bonchev–Trinajstić information content (AvgIpc) is 3.31. The van der Waals surface area contributed by atoms with E-state index >= 15 is 9.13 Å². The molecule has 0 saturated heterocycles. The predicted octanol–water partition coefficient (Wildman–Crippen LogP) is 8.04. The van der Waals surface area contributed by atoms with Crippen LogP contribution in [0.15, 0.2) is 109 Å². The van der Waals surface area contributed by atoms with Gasteiger partial charge in [-0.1, -0.05) is 38.1 Å². The zero-order chi connectivity index (χ0) is 34.0. The molecule has 0 radical (unpaired) electrons. The van der Waals surface area contributed by atoms with E-state index in [4.69, 9.17) is 9.47 Å². The Kier molecular flexibility index (Phi) is 6.20. The van der Waals surface area contributed by atoms with Gasteiger partial charge in [0.25, 0.3) is 0 Å². The summed E-state index contributed by atoms with van der Waals surface area (Å²) in [5.74, 6) is -1.50. The van der Waals surface area contributed by atoms with Crippen molar-refractivity contribution in [3.05, 3.63) is 144 Å². The van der Waals surface area contributed by atoms with E-state index in [0.29, 0.717) is 10.6 Å². The standard InChI is InChI=1S/C39H24F4O4P2/c1-39(2)29-19-25(48(44)35-15-21(40)3-11-31(35)46-32-12-4-22(41)16-36(32)48)7-9-27(29)28-10-8-26(20-30(28)39)49(45)37-17-23(42)5-13-33(37)47-34-14-6-24(43)18-38(34)49/h3-20H,1-2H3. The minimum absolute atomic E-state index is 0.135. The van der Waals surface area contributed by atoms with Crippen LogP contribution in [0.4, 0.5) is 17.6 Å². The lowest BCUT2D eigenvalue weighted by Crippen LogP contribution is -2.32. The first-order valence-electron chi connectivity index (χ1n) is 15.5. The van der Waals surface area contributed by atoms with Crippen LogP contribution in [0.2, 0.25) is 0 Å². The fourth-order valence-electron chi connectivity index (χ4n) is 7.45. The average molecular weight is 695 g/mol. The molecule has 242 valence electrons. The molecule has 0 amide bonds. The Balaban J connectivity index is 1.23. The maximum Gasteiger partial charge on any atom is 0.178 e. The Morgan fingerprint density at radius 1 is 0.449 bits per heavy atom. The summed E-state index contributed by atoms with van der Waals surface area (Å²) in [6.45, 7) is 3.96. The van der Waals surface area contributed by atoms with Crippen LogP contribution in [0.5, 0.6) is 23.0 Å². The molecule has 0 bridgehead atoms. The lowest BCUT2D eigenvalue weighted by atomic mass is 9.82. The summed E-state index contributed by atoms with van der Waals surface area (Å²) < 4.78 is 101. The summed E-state index contributed by atoms with van der Waals surface area (Å²) in [7, 11) is -7.69. The summed E-state index contributed by atoms with van der Waals surface area (Å²) in [5.41, 5.74) is 2.56. The highest BCUT2D eigenvalue weighted by atomic mass is 31.2. The van der Waals surface area contributed by atoms with E-state index < -0.39 is 43.0 Å². The van der Waals surface area contributed by atoms with Crippen LogP contribution in [-0.2, 0) is 14.5 Å². The number of rotatable bonds is 2. The van der Waals surface area contributed by atoms with Gasteiger partial charge in [-0.25, -0.2) is 17.6 Å². The first-order valence-corrected chi connectivity index (χ1v) is 18.9. The molecule has 0 atom stereocenters. The first kappa shape index (κ1) is 30.2. The lowest BCUT2D eigenvalue weighted by molar-refractivity contribution is 0.481. The van der Waals surface area contributed by atoms with Gasteiger partial charge >= 0.3 is 0 Å². The molecule has 6 aromatic rings. The molecule has 2 aliphatic heterocycles. The molecule has 0 N–H and O–H groups in total. The second kappa shape index (κ2) is 10.1. The van der Waals surface area contributed by atoms with Crippen LogP contribution < -0.4 is 41.3 Å². The van der Waals surface area contributed by atoms with Crippen molar-refractivity contribution in [3.63, 3.8) is 0 Å². The van der Waals surface area contributed by atoms with Crippen LogP contribution in [-0.4, -0.2) is 0 Å². The van der Waals surface area contributed by atoms with Gasteiger partial charge in [-0.05, 0) is 107 Å². The van der Waals surface area contributed by atoms with Crippen molar-refractivity contribution in [1.82, 2.24) is 0 Å². The molecular weight excluding hydrogens is 670 g/mol. The van der Waals surface area contributed by atoms with Crippen molar-refractivity contribution in [2.45, 2.75) is 19.3 Å². The fraction of sp³-hybridized carbons (Fsp3) is 0.0769. The monoisotopic (exact) mass is 694 g/mol. The summed E-state index contributed by atoms with van der Waals surface area (Å²) in [6.07, 6.45) is 0. The van der Waals surface area contributed by atoms with Crippen LogP contribution in [0.3, 0.4) is 0 Å². The van der Waals surface area contributed by atoms with Gasteiger partial charge < -0.3 is 18.6 Å². The van der Waals surface area contributed by atoms with E-state index in [1.165, 1.54) is 72.8 Å². The number of hydrogen-bond acceptors (Lipinski definition) is 4. The molecular formula is C39H24F4O4P2. The maximum absolute atomic E-state index is 15.3. The lowest BCUT2D eigenvalue weighted by Gasteiger charge is -2.30. The third kappa shape index (κ3) is 4.11.